The molecule has 194 valence electrons. The largest absolute Gasteiger partial charge is 0.395 e. The molecule has 3 rings (SSSR count). The van der Waals surface area contributed by atoms with Gasteiger partial charge in [-0.05, 0) is 0 Å². The van der Waals surface area contributed by atoms with E-state index in [0.717, 1.165) is 0 Å². The number of hydrogen-bond acceptors (Lipinski definition) is 14. The zero-order valence-electron chi connectivity index (χ0n) is 17.2. The van der Waals surface area contributed by atoms with Crippen molar-refractivity contribution in [3.63, 3.8) is 0 Å². The molecular formula is C18H31FO13S. The molecule has 3 fully saturated rings. The average Bonchev–Trinajstić information content (AvgIpc) is 2.80. The number of aliphatic hydroxyl groups is 11. The van der Waals surface area contributed by atoms with Crippen molar-refractivity contribution < 1.29 is 70.0 Å². The molecule has 3 aliphatic rings. The first-order chi connectivity index (χ1) is 15.4. The highest BCUT2D eigenvalue weighted by Gasteiger charge is 2.67. The highest BCUT2D eigenvalue weighted by Crippen LogP contribution is 2.47. The van der Waals surface area contributed by atoms with Crippen LogP contribution in [0.4, 0.5) is 4.39 Å². The highest BCUT2D eigenvalue weighted by atomic mass is 32.2. The second-order valence-corrected chi connectivity index (χ2v) is 9.98. The number of rotatable bonds is 5. The van der Waals surface area contributed by atoms with Gasteiger partial charge in [-0.25, -0.2) is 4.39 Å². The number of alkyl halides is 1. The number of halogens is 1. The van der Waals surface area contributed by atoms with Gasteiger partial charge in [0.05, 0.1) is 42.5 Å². The molecule has 0 aromatic heterocycles. The van der Waals surface area contributed by atoms with E-state index in [1.54, 1.807) is 0 Å². The standard InChI is InChI=1S/C18H31FO13S/c19-7-4(1-20)31-14(12(27)10(7)25)16-18(30,15(29)8(23)5(2-21)32-16)17-13(28)11(26)9(24)6(3-22)33-17/h4-17,20-30H,1-3H2/t4-,5-,6-,7-,8+,9-,10+,11+,12-,13-,14-,15+,16?,17-,18-/m1/s1. The highest BCUT2D eigenvalue weighted by molar-refractivity contribution is 8.00. The van der Waals surface area contributed by atoms with Crippen molar-refractivity contribution in [2.45, 2.75) is 89.4 Å². The molecule has 15 atom stereocenters. The lowest BCUT2D eigenvalue weighted by Crippen LogP contribution is -2.78. The van der Waals surface area contributed by atoms with E-state index in [2.05, 4.69) is 0 Å². The lowest BCUT2D eigenvalue weighted by Gasteiger charge is -2.57. The maximum Gasteiger partial charge on any atom is 0.157 e. The molecule has 0 aromatic rings. The van der Waals surface area contributed by atoms with Gasteiger partial charge >= 0.3 is 0 Å². The van der Waals surface area contributed by atoms with Gasteiger partial charge in [-0.3, -0.25) is 0 Å². The van der Waals surface area contributed by atoms with Crippen molar-refractivity contribution in [2.75, 3.05) is 19.8 Å². The zero-order chi connectivity index (χ0) is 24.8. The molecular weight excluding hydrogens is 475 g/mol. The van der Waals surface area contributed by atoms with Crippen molar-refractivity contribution in [2.24, 2.45) is 0 Å². The minimum absolute atomic E-state index is 0.552. The summed E-state index contributed by atoms with van der Waals surface area (Å²) in [6.45, 7) is -2.55. The van der Waals surface area contributed by atoms with Gasteiger partial charge in [-0.15, -0.1) is 11.8 Å². The number of thioether (sulfide) groups is 1. The van der Waals surface area contributed by atoms with Crippen LogP contribution in [-0.4, -0.2) is 165 Å². The molecule has 0 aromatic carbocycles. The third-order valence-electron chi connectivity index (χ3n) is 6.66. The normalized spacial score (nSPS) is 56.0. The summed E-state index contributed by atoms with van der Waals surface area (Å²) >= 11 is 0.552. The second kappa shape index (κ2) is 10.4. The molecule has 3 saturated heterocycles. The molecule has 0 saturated carbocycles. The maximum absolute atomic E-state index is 14.3. The lowest BCUT2D eigenvalue weighted by atomic mass is 9.73. The number of aliphatic hydroxyl groups excluding tert-OH is 10. The fourth-order valence-electron chi connectivity index (χ4n) is 4.68. The van der Waals surface area contributed by atoms with Crippen LogP contribution in [-0.2, 0) is 9.47 Å². The van der Waals surface area contributed by atoms with E-state index < -0.39 is 109 Å². The Morgan fingerprint density at radius 2 is 1.30 bits per heavy atom. The minimum Gasteiger partial charge on any atom is -0.395 e. The predicted octanol–water partition coefficient (Wildman–Crippen LogP) is -6.42. The van der Waals surface area contributed by atoms with Crippen LogP contribution in [0.15, 0.2) is 0 Å². The Balaban J connectivity index is 2.07. The van der Waals surface area contributed by atoms with E-state index in [9.17, 15) is 60.6 Å². The summed E-state index contributed by atoms with van der Waals surface area (Å²) in [5.41, 5.74) is -2.81. The SMILES string of the molecule is OC[C@H]1OC([C@@H]2O[C@H](CO)[C@@H](F)[C@H](O)[C@H]2O)[C@@](O)([C@@H]2S[C@H](CO)[C@@H](O)[C@H](O)[C@H]2O)[C@@H](O)[C@H]1O. The predicted molar refractivity (Wildman–Crippen MR) is 106 cm³/mol. The van der Waals surface area contributed by atoms with Crippen molar-refractivity contribution in [1.29, 1.82) is 0 Å². The average molecular weight is 506 g/mol. The Morgan fingerprint density at radius 1 is 0.697 bits per heavy atom. The molecule has 0 radical (unpaired) electrons. The zero-order valence-corrected chi connectivity index (χ0v) is 18.0. The molecule has 33 heavy (non-hydrogen) atoms. The van der Waals surface area contributed by atoms with Crippen LogP contribution in [0, 0.1) is 0 Å². The van der Waals surface area contributed by atoms with E-state index in [0.29, 0.717) is 11.8 Å². The molecule has 1 unspecified atom stereocenters. The quantitative estimate of drug-likeness (QED) is 0.166. The number of hydrogen-bond donors (Lipinski definition) is 11. The van der Waals surface area contributed by atoms with Crippen LogP contribution < -0.4 is 0 Å². The fraction of sp³-hybridized carbons (Fsp3) is 1.00. The van der Waals surface area contributed by atoms with Crippen LogP contribution in [0.5, 0.6) is 0 Å². The maximum atomic E-state index is 14.3. The Morgan fingerprint density at radius 3 is 1.85 bits per heavy atom. The Labute approximate surface area is 191 Å². The van der Waals surface area contributed by atoms with E-state index in [-0.39, 0.29) is 0 Å². The van der Waals surface area contributed by atoms with Gasteiger partial charge in [0.15, 0.2) is 6.17 Å². The van der Waals surface area contributed by atoms with E-state index in [1.807, 2.05) is 0 Å². The number of ether oxygens (including phenoxy) is 2. The van der Waals surface area contributed by atoms with Gasteiger partial charge in [-0.1, -0.05) is 0 Å². The smallest absolute Gasteiger partial charge is 0.157 e. The van der Waals surface area contributed by atoms with Gasteiger partial charge in [-0.2, -0.15) is 0 Å². The third-order valence-corrected chi connectivity index (χ3v) is 8.39. The first kappa shape index (κ1) is 27.3. The summed E-state index contributed by atoms with van der Waals surface area (Å²) < 4.78 is 25.1. The molecule has 0 spiro atoms. The first-order valence-electron chi connectivity index (χ1n) is 10.4. The summed E-state index contributed by atoms with van der Waals surface area (Å²) in [5, 5.41) is 110. The lowest BCUT2D eigenvalue weighted by molar-refractivity contribution is -0.329. The van der Waals surface area contributed by atoms with Crippen molar-refractivity contribution in [3.8, 4) is 0 Å². The summed E-state index contributed by atoms with van der Waals surface area (Å²) in [6.07, 6.45) is -23.2. The van der Waals surface area contributed by atoms with Crippen LogP contribution in [0.2, 0.25) is 0 Å². The van der Waals surface area contributed by atoms with Crippen molar-refractivity contribution in [3.05, 3.63) is 0 Å². The van der Waals surface area contributed by atoms with Crippen LogP contribution in [0.3, 0.4) is 0 Å². The van der Waals surface area contributed by atoms with Crippen molar-refractivity contribution >= 4 is 11.8 Å². The van der Waals surface area contributed by atoms with Gasteiger partial charge in [0.1, 0.15) is 60.5 Å². The van der Waals surface area contributed by atoms with Gasteiger partial charge in [0, 0.05) is 0 Å². The van der Waals surface area contributed by atoms with E-state index in [1.165, 1.54) is 0 Å². The Kier molecular flexibility index (Phi) is 8.62. The summed E-state index contributed by atoms with van der Waals surface area (Å²) in [6, 6.07) is 0. The van der Waals surface area contributed by atoms with Crippen LogP contribution in [0.1, 0.15) is 0 Å². The van der Waals surface area contributed by atoms with Crippen molar-refractivity contribution in [1.82, 2.24) is 0 Å². The Hall–Kier alpha value is -0.240. The molecule has 0 bridgehead atoms. The third kappa shape index (κ3) is 4.42. The van der Waals surface area contributed by atoms with E-state index in [4.69, 9.17) is 9.47 Å². The molecule has 3 aliphatic heterocycles. The minimum atomic E-state index is -2.81. The second-order valence-electron chi connectivity index (χ2n) is 8.60. The summed E-state index contributed by atoms with van der Waals surface area (Å²) in [4.78, 5) is 0. The first-order valence-corrected chi connectivity index (χ1v) is 11.3. The van der Waals surface area contributed by atoms with Gasteiger partial charge in [0.25, 0.3) is 0 Å². The Bertz CT molecular complexity index is 661. The van der Waals surface area contributed by atoms with Crippen LogP contribution in [0.25, 0.3) is 0 Å². The molecule has 0 amide bonds. The molecule has 3 heterocycles. The molecule has 11 N–H and O–H groups in total. The molecule has 15 heteroatoms. The van der Waals surface area contributed by atoms with Gasteiger partial charge in [0.2, 0.25) is 0 Å². The monoisotopic (exact) mass is 506 g/mol. The topological polar surface area (TPSA) is 241 Å². The molecule has 0 aliphatic carbocycles. The summed E-state index contributed by atoms with van der Waals surface area (Å²) in [5.74, 6) is 0. The fourth-order valence-corrected chi connectivity index (χ4v) is 6.28. The summed E-state index contributed by atoms with van der Waals surface area (Å²) in [7, 11) is 0. The van der Waals surface area contributed by atoms with Gasteiger partial charge < -0.3 is 65.6 Å². The molecule has 13 nitrogen and oxygen atoms in total. The van der Waals surface area contributed by atoms with E-state index >= 15 is 0 Å². The van der Waals surface area contributed by atoms with Crippen LogP contribution >= 0.6 is 11.8 Å².